The van der Waals surface area contributed by atoms with Crippen molar-refractivity contribution in [3.8, 4) is 0 Å². The van der Waals surface area contributed by atoms with E-state index in [-0.39, 0.29) is 5.78 Å². The van der Waals surface area contributed by atoms with Crippen LogP contribution in [-0.2, 0) is 11.2 Å². The standard InChI is InChI=1S/C18H25N3O/c1-5-15(19)17(12(2)22)18-14(10-11-21(3)4)13-8-6-7-9-16(13)20-18/h6-9,17,19-20H,5,10-11H2,1-4H3. The van der Waals surface area contributed by atoms with Gasteiger partial charge in [-0.05, 0) is 45.5 Å². The number of nitrogens with one attached hydrogen (secondary N) is 2. The molecule has 1 atom stereocenters. The largest absolute Gasteiger partial charge is 0.357 e. The van der Waals surface area contributed by atoms with Crippen LogP contribution in [0.15, 0.2) is 24.3 Å². The summed E-state index contributed by atoms with van der Waals surface area (Å²) < 4.78 is 0. The van der Waals surface area contributed by atoms with Crippen molar-refractivity contribution in [2.45, 2.75) is 32.6 Å². The molecule has 1 aromatic carbocycles. The lowest BCUT2D eigenvalue weighted by Gasteiger charge is -2.17. The third-order valence-corrected chi connectivity index (χ3v) is 4.08. The highest BCUT2D eigenvalue weighted by atomic mass is 16.1. The fourth-order valence-electron chi connectivity index (χ4n) is 2.90. The lowest BCUT2D eigenvalue weighted by molar-refractivity contribution is -0.117. The van der Waals surface area contributed by atoms with Crippen LogP contribution in [0.2, 0.25) is 0 Å². The van der Waals surface area contributed by atoms with Crippen molar-refractivity contribution in [2.24, 2.45) is 0 Å². The van der Waals surface area contributed by atoms with Crippen LogP contribution >= 0.6 is 0 Å². The quantitative estimate of drug-likeness (QED) is 0.770. The van der Waals surface area contributed by atoms with Crippen molar-refractivity contribution in [1.29, 1.82) is 5.41 Å². The zero-order chi connectivity index (χ0) is 16.3. The molecule has 0 amide bonds. The third-order valence-electron chi connectivity index (χ3n) is 4.08. The van der Waals surface area contributed by atoms with Gasteiger partial charge in [0.25, 0.3) is 0 Å². The summed E-state index contributed by atoms with van der Waals surface area (Å²) in [5.41, 5.74) is 3.59. The molecule has 1 aromatic heterocycles. The van der Waals surface area contributed by atoms with Crippen LogP contribution in [0, 0.1) is 5.41 Å². The Morgan fingerprint density at radius 3 is 2.59 bits per heavy atom. The molecule has 2 N–H and O–H groups in total. The number of carbonyl (C=O) groups is 1. The predicted molar refractivity (Wildman–Crippen MR) is 92.0 cm³/mol. The molecule has 22 heavy (non-hydrogen) atoms. The summed E-state index contributed by atoms with van der Waals surface area (Å²) in [7, 11) is 4.09. The average Bonchev–Trinajstić information content (AvgIpc) is 2.82. The van der Waals surface area contributed by atoms with Crippen LogP contribution in [0.3, 0.4) is 0 Å². The zero-order valence-electron chi connectivity index (χ0n) is 13.9. The molecule has 0 aliphatic heterocycles. The minimum Gasteiger partial charge on any atom is -0.357 e. The van der Waals surface area contributed by atoms with Crippen LogP contribution in [0.4, 0.5) is 0 Å². The Bertz CT molecular complexity index is 685. The van der Waals surface area contributed by atoms with E-state index < -0.39 is 5.92 Å². The number of nitrogens with zero attached hydrogens (tertiary/aromatic N) is 1. The Kier molecular flexibility index (Phi) is 5.14. The lowest BCUT2D eigenvalue weighted by Crippen LogP contribution is -2.22. The van der Waals surface area contributed by atoms with E-state index >= 15 is 0 Å². The topological polar surface area (TPSA) is 60.0 Å². The van der Waals surface area contributed by atoms with Gasteiger partial charge in [0, 0.05) is 28.9 Å². The van der Waals surface area contributed by atoms with E-state index in [0.29, 0.717) is 12.1 Å². The molecule has 2 rings (SSSR count). The molecule has 0 saturated carbocycles. The van der Waals surface area contributed by atoms with Crippen molar-refractivity contribution < 1.29 is 4.79 Å². The number of hydrogen-bond acceptors (Lipinski definition) is 3. The first kappa shape index (κ1) is 16.4. The van der Waals surface area contributed by atoms with Gasteiger partial charge in [0.2, 0.25) is 0 Å². The molecule has 0 saturated heterocycles. The average molecular weight is 299 g/mol. The summed E-state index contributed by atoms with van der Waals surface area (Å²) in [5, 5.41) is 9.36. The molecular weight excluding hydrogens is 274 g/mol. The molecule has 118 valence electrons. The molecule has 1 unspecified atom stereocenters. The number of Topliss-reactive ketones (excluding diaryl/α,β-unsaturated/α-hetero) is 1. The Labute approximate surface area is 132 Å². The molecule has 4 nitrogen and oxygen atoms in total. The van der Waals surface area contributed by atoms with Gasteiger partial charge in [-0.25, -0.2) is 0 Å². The van der Waals surface area contributed by atoms with E-state index in [1.165, 1.54) is 5.56 Å². The number of para-hydroxylation sites is 1. The number of H-pyrrole nitrogens is 1. The smallest absolute Gasteiger partial charge is 0.144 e. The second-order valence-corrected chi connectivity index (χ2v) is 6.04. The molecule has 0 fully saturated rings. The fraction of sp³-hybridized carbons (Fsp3) is 0.444. The first-order valence-corrected chi connectivity index (χ1v) is 7.77. The third kappa shape index (κ3) is 3.28. The summed E-state index contributed by atoms with van der Waals surface area (Å²) in [4.78, 5) is 17.7. The highest BCUT2D eigenvalue weighted by Gasteiger charge is 2.26. The maximum atomic E-state index is 12.1. The maximum Gasteiger partial charge on any atom is 0.144 e. The minimum atomic E-state index is -0.449. The van der Waals surface area contributed by atoms with E-state index in [2.05, 4.69) is 16.0 Å². The Morgan fingerprint density at radius 2 is 2.00 bits per heavy atom. The normalized spacial score (nSPS) is 12.8. The number of aromatic amines is 1. The molecule has 0 aliphatic carbocycles. The number of hydrogen-bond donors (Lipinski definition) is 2. The monoisotopic (exact) mass is 299 g/mol. The van der Waals surface area contributed by atoms with Crippen LogP contribution in [0.25, 0.3) is 10.9 Å². The van der Waals surface area contributed by atoms with Gasteiger partial charge in [0.15, 0.2) is 0 Å². The van der Waals surface area contributed by atoms with Crippen LogP contribution < -0.4 is 0 Å². The Balaban J connectivity index is 2.57. The first-order chi connectivity index (χ1) is 10.5. The van der Waals surface area contributed by atoms with Crippen LogP contribution in [0.5, 0.6) is 0 Å². The van der Waals surface area contributed by atoms with Gasteiger partial charge in [0.1, 0.15) is 5.78 Å². The summed E-state index contributed by atoms with van der Waals surface area (Å²) in [6.45, 7) is 4.43. The molecule has 0 radical (unpaired) electrons. The number of benzene rings is 1. The Morgan fingerprint density at radius 1 is 1.32 bits per heavy atom. The van der Waals surface area contributed by atoms with Gasteiger partial charge < -0.3 is 15.3 Å². The SMILES string of the molecule is CCC(=N)C(C(C)=O)c1[nH]c2ccccc2c1CCN(C)C. The molecule has 1 heterocycles. The molecule has 0 aliphatic rings. The van der Waals surface area contributed by atoms with E-state index in [1.54, 1.807) is 6.92 Å². The van der Waals surface area contributed by atoms with Crippen LogP contribution in [-0.4, -0.2) is 42.0 Å². The van der Waals surface area contributed by atoms with Gasteiger partial charge in [-0.15, -0.1) is 0 Å². The summed E-state index contributed by atoms with van der Waals surface area (Å²) >= 11 is 0. The van der Waals surface area contributed by atoms with Crippen molar-refractivity contribution in [3.63, 3.8) is 0 Å². The summed E-state index contributed by atoms with van der Waals surface area (Å²) in [6, 6.07) is 8.14. The number of carbonyl (C=O) groups excluding carboxylic acids is 1. The van der Waals surface area contributed by atoms with Crippen molar-refractivity contribution >= 4 is 22.4 Å². The van der Waals surface area contributed by atoms with Crippen LogP contribution in [0.1, 0.15) is 37.4 Å². The van der Waals surface area contributed by atoms with Gasteiger partial charge in [-0.1, -0.05) is 25.1 Å². The first-order valence-electron chi connectivity index (χ1n) is 7.77. The van der Waals surface area contributed by atoms with Crippen molar-refractivity contribution in [3.05, 3.63) is 35.5 Å². The van der Waals surface area contributed by atoms with E-state index in [9.17, 15) is 4.79 Å². The fourth-order valence-corrected chi connectivity index (χ4v) is 2.90. The molecule has 0 bridgehead atoms. The van der Waals surface area contributed by atoms with Crippen molar-refractivity contribution in [2.75, 3.05) is 20.6 Å². The highest BCUT2D eigenvalue weighted by Crippen LogP contribution is 2.30. The Hall–Kier alpha value is -1.94. The molecule has 2 aromatic rings. The number of fused-ring (bicyclic) bond motifs is 1. The molecule has 0 spiro atoms. The number of rotatable bonds is 7. The second kappa shape index (κ2) is 6.88. The van der Waals surface area contributed by atoms with E-state index in [1.807, 2.05) is 39.2 Å². The second-order valence-electron chi connectivity index (χ2n) is 6.04. The van der Waals surface area contributed by atoms with E-state index in [4.69, 9.17) is 5.41 Å². The van der Waals surface area contributed by atoms with E-state index in [0.717, 1.165) is 29.6 Å². The number of ketones is 1. The predicted octanol–water partition coefficient (Wildman–Crippen LogP) is 3.37. The van der Waals surface area contributed by atoms with Gasteiger partial charge >= 0.3 is 0 Å². The molecular formula is C18H25N3O. The van der Waals surface area contributed by atoms with Gasteiger partial charge in [-0.3, -0.25) is 4.79 Å². The lowest BCUT2D eigenvalue weighted by atomic mass is 9.90. The van der Waals surface area contributed by atoms with Gasteiger partial charge in [0.05, 0.1) is 5.92 Å². The molecule has 4 heteroatoms. The van der Waals surface area contributed by atoms with Gasteiger partial charge in [-0.2, -0.15) is 0 Å². The maximum absolute atomic E-state index is 12.1. The number of likely N-dealkylation sites (N-methyl/N-ethyl adjacent to an activating group) is 1. The summed E-state index contributed by atoms with van der Waals surface area (Å²) in [5.74, 6) is -0.418. The summed E-state index contributed by atoms with van der Waals surface area (Å²) in [6.07, 6.45) is 1.46. The number of aromatic nitrogens is 1. The highest BCUT2D eigenvalue weighted by molar-refractivity contribution is 6.08. The zero-order valence-corrected chi connectivity index (χ0v) is 13.9. The van der Waals surface area contributed by atoms with Crippen molar-refractivity contribution in [1.82, 2.24) is 9.88 Å². The minimum absolute atomic E-state index is 0.0320.